The van der Waals surface area contributed by atoms with Crippen molar-refractivity contribution in [3.63, 3.8) is 0 Å². The molecule has 0 unspecified atom stereocenters. The van der Waals surface area contributed by atoms with E-state index in [1.54, 1.807) is 29.2 Å². The molecule has 1 saturated heterocycles. The van der Waals surface area contributed by atoms with Crippen molar-refractivity contribution >= 4 is 35.0 Å². The van der Waals surface area contributed by atoms with Gasteiger partial charge in [-0.15, -0.1) is 0 Å². The molecule has 3 rings (SSSR count). The molecule has 7 heteroatoms. The molecule has 6 nitrogen and oxygen atoms in total. The van der Waals surface area contributed by atoms with Crippen molar-refractivity contribution < 1.29 is 14.3 Å². The lowest BCUT2D eigenvalue weighted by molar-refractivity contribution is 0.0600. The summed E-state index contributed by atoms with van der Waals surface area (Å²) in [6.45, 7) is 4.83. The van der Waals surface area contributed by atoms with E-state index in [-0.39, 0.29) is 6.03 Å². The topological polar surface area (TPSA) is 61.9 Å². The first kappa shape index (κ1) is 19.0. The molecule has 0 aliphatic carbocycles. The number of urea groups is 1. The molecule has 2 aromatic rings. The average Bonchev–Trinajstić information content (AvgIpc) is 2.68. The van der Waals surface area contributed by atoms with Gasteiger partial charge in [-0.25, -0.2) is 9.59 Å². The third-order valence-corrected chi connectivity index (χ3v) is 4.86. The fourth-order valence-corrected chi connectivity index (χ4v) is 3.36. The van der Waals surface area contributed by atoms with Gasteiger partial charge < -0.3 is 19.9 Å². The highest BCUT2D eigenvalue weighted by Gasteiger charge is 2.22. The minimum atomic E-state index is -0.401. The molecule has 0 bridgehead atoms. The number of nitrogens with one attached hydrogen (secondary N) is 1. The summed E-state index contributed by atoms with van der Waals surface area (Å²) in [7, 11) is 1.34. The van der Waals surface area contributed by atoms with Gasteiger partial charge in [0.05, 0.1) is 12.7 Å². The highest BCUT2D eigenvalue weighted by molar-refractivity contribution is 6.30. The van der Waals surface area contributed by atoms with Crippen LogP contribution < -0.4 is 10.2 Å². The van der Waals surface area contributed by atoms with Crippen LogP contribution >= 0.6 is 11.6 Å². The smallest absolute Gasteiger partial charge is 0.337 e. The Morgan fingerprint density at radius 3 is 2.30 bits per heavy atom. The third-order valence-electron chi connectivity index (χ3n) is 4.62. The SMILES string of the molecule is COC(=O)c1ccc(NC(=O)N2CCN(c3ccc(Cl)cc3C)CC2)cc1. The van der Waals surface area contributed by atoms with Crippen molar-refractivity contribution in [1.29, 1.82) is 0 Å². The van der Waals surface area contributed by atoms with Crippen LogP contribution in [0.4, 0.5) is 16.2 Å². The van der Waals surface area contributed by atoms with E-state index in [4.69, 9.17) is 11.6 Å². The normalized spacial score (nSPS) is 14.0. The molecule has 1 aliphatic rings. The molecular formula is C20H22ClN3O3. The van der Waals surface area contributed by atoms with Crippen LogP contribution in [-0.2, 0) is 4.74 Å². The number of methoxy groups -OCH3 is 1. The molecule has 27 heavy (non-hydrogen) atoms. The second-order valence-electron chi connectivity index (χ2n) is 6.40. The second kappa shape index (κ2) is 8.31. The number of carbonyl (C=O) groups excluding carboxylic acids is 2. The van der Waals surface area contributed by atoms with E-state index in [0.29, 0.717) is 24.3 Å². The van der Waals surface area contributed by atoms with Gasteiger partial charge in [-0.05, 0) is 55.0 Å². The largest absolute Gasteiger partial charge is 0.465 e. The van der Waals surface area contributed by atoms with Crippen LogP contribution in [0.2, 0.25) is 5.02 Å². The quantitative estimate of drug-likeness (QED) is 0.814. The monoisotopic (exact) mass is 387 g/mol. The minimum Gasteiger partial charge on any atom is -0.465 e. The van der Waals surface area contributed by atoms with E-state index in [0.717, 1.165) is 29.4 Å². The summed E-state index contributed by atoms with van der Waals surface area (Å²) in [5, 5.41) is 3.60. The molecule has 0 saturated carbocycles. The first-order valence-electron chi connectivity index (χ1n) is 8.73. The lowest BCUT2D eigenvalue weighted by Crippen LogP contribution is -2.50. The zero-order chi connectivity index (χ0) is 19.4. The van der Waals surface area contributed by atoms with Crippen molar-refractivity contribution in [3.05, 3.63) is 58.6 Å². The minimum absolute atomic E-state index is 0.145. The Hall–Kier alpha value is -2.73. The summed E-state index contributed by atoms with van der Waals surface area (Å²) >= 11 is 6.03. The Bertz CT molecular complexity index is 831. The Morgan fingerprint density at radius 2 is 1.70 bits per heavy atom. The number of halogens is 1. The van der Waals surface area contributed by atoms with Crippen molar-refractivity contribution in [2.75, 3.05) is 43.5 Å². The van der Waals surface area contributed by atoms with Gasteiger partial charge in [-0.3, -0.25) is 0 Å². The van der Waals surface area contributed by atoms with Crippen molar-refractivity contribution in [1.82, 2.24) is 4.90 Å². The number of amides is 2. The maximum Gasteiger partial charge on any atom is 0.337 e. The summed E-state index contributed by atoms with van der Waals surface area (Å²) in [6, 6.07) is 12.4. The highest BCUT2D eigenvalue weighted by Crippen LogP contribution is 2.24. The van der Waals surface area contributed by atoms with Crippen LogP contribution in [0.15, 0.2) is 42.5 Å². The Labute approximate surface area is 163 Å². The van der Waals surface area contributed by atoms with E-state index in [9.17, 15) is 9.59 Å². The van der Waals surface area contributed by atoms with E-state index in [1.807, 2.05) is 25.1 Å². The van der Waals surface area contributed by atoms with Gasteiger partial charge in [-0.2, -0.15) is 0 Å². The van der Waals surface area contributed by atoms with Gasteiger partial charge in [-0.1, -0.05) is 11.6 Å². The summed E-state index contributed by atoms with van der Waals surface area (Å²) in [4.78, 5) is 28.0. The standard InChI is InChI=1S/C20H22ClN3O3/c1-14-13-16(21)5-8-18(14)23-9-11-24(12-10-23)20(26)22-17-6-3-15(4-7-17)19(25)27-2/h3-8,13H,9-12H2,1-2H3,(H,22,26). The molecule has 1 N–H and O–H groups in total. The van der Waals surface area contributed by atoms with Gasteiger partial charge in [0.25, 0.3) is 0 Å². The maximum absolute atomic E-state index is 12.5. The molecule has 142 valence electrons. The van der Waals surface area contributed by atoms with E-state index >= 15 is 0 Å². The van der Waals surface area contributed by atoms with Crippen LogP contribution in [0.3, 0.4) is 0 Å². The molecule has 0 aromatic heterocycles. The number of aryl methyl sites for hydroxylation is 1. The van der Waals surface area contributed by atoms with Crippen molar-refractivity contribution in [3.8, 4) is 0 Å². The molecule has 1 fully saturated rings. The number of esters is 1. The van der Waals surface area contributed by atoms with Crippen LogP contribution in [-0.4, -0.2) is 50.2 Å². The number of nitrogens with zero attached hydrogens (tertiary/aromatic N) is 2. The number of ether oxygens (including phenoxy) is 1. The molecule has 0 atom stereocenters. The number of benzene rings is 2. The number of hydrogen-bond acceptors (Lipinski definition) is 4. The fraction of sp³-hybridized carbons (Fsp3) is 0.300. The highest BCUT2D eigenvalue weighted by atomic mass is 35.5. The van der Waals surface area contributed by atoms with Gasteiger partial charge in [0.2, 0.25) is 0 Å². The number of anilines is 2. The number of rotatable bonds is 3. The number of piperazine rings is 1. The lowest BCUT2D eigenvalue weighted by Gasteiger charge is -2.36. The average molecular weight is 388 g/mol. The zero-order valence-electron chi connectivity index (χ0n) is 15.4. The Balaban J connectivity index is 1.56. The van der Waals surface area contributed by atoms with Crippen LogP contribution in [0, 0.1) is 6.92 Å². The second-order valence-corrected chi connectivity index (χ2v) is 6.84. The van der Waals surface area contributed by atoms with Crippen LogP contribution in [0.5, 0.6) is 0 Å². The molecular weight excluding hydrogens is 366 g/mol. The van der Waals surface area contributed by atoms with E-state index in [1.165, 1.54) is 7.11 Å². The van der Waals surface area contributed by atoms with Gasteiger partial charge in [0.1, 0.15) is 0 Å². The maximum atomic E-state index is 12.5. The molecule has 0 radical (unpaired) electrons. The first-order valence-corrected chi connectivity index (χ1v) is 9.11. The molecule has 2 aromatic carbocycles. The van der Waals surface area contributed by atoms with E-state index in [2.05, 4.69) is 15.0 Å². The number of carbonyl (C=O) groups is 2. The predicted molar refractivity (Wildman–Crippen MR) is 107 cm³/mol. The summed E-state index contributed by atoms with van der Waals surface area (Å²) in [5.41, 5.74) is 3.37. The summed E-state index contributed by atoms with van der Waals surface area (Å²) in [5.74, 6) is -0.401. The summed E-state index contributed by atoms with van der Waals surface area (Å²) < 4.78 is 4.67. The van der Waals surface area contributed by atoms with Crippen molar-refractivity contribution in [2.45, 2.75) is 6.92 Å². The molecule has 2 amide bonds. The zero-order valence-corrected chi connectivity index (χ0v) is 16.1. The Morgan fingerprint density at radius 1 is 1.04 bits per heavy atom. The van der Waals surface area contributed by atoms with Gasteiger partial charge >= 0.3 is 12.0 Å². The third kappa shape index (κ3) is 4.52. The Kier molecular flexibility index (Phi) is 5.86. The first-order chi connectivity index (χ1) is 13.0. The van der Waals surface area contributed by atoms with Gasteiger partial charge in [0, 0.05) is 42.6 Å². The number of hydrogen-bond donors (Lipinski definition) is 1. The van der Waals surface area contributed by atoms with Crippen LogP contribution in [0.25, 0.3) is 0 Å². The molecule has 1 heterocycles. The predicted octanol–water partition coefficient (Wildman–Crippen LogP) is 3.79. The lowest BCUT2D eigenvalue weighted by atomic mass is 10.1. The van der Waals surface area contributed by atoms with Gasteiger partial charge in [0.15, 0.2) is 0 Å². The molecule has 0 spiro atoms. The fourth-order valence-electron chi connectivity index (χ4n) is 3.13. The van der Waals surface area contributed by atoms with Crippen LogP contribution in [0.1, 0.15) is 15.9 Å². The van der Waals surface area contributed by atoms with Crippen molar-refractivity contribution in [2.24, 2.45) is 0 Å². The van der Waals surface area contributed by atoms with E-state index < -0.39 is 5.97 Å². The summed E-state index contributed by atoms with van der Waals surface area (Å²) in [6.07, 6.45) is 0. The molecule has 1 aliphatic heterocycles.